The second-order valence-electron chi connectivity index (χ2n) is 26.5. The fraction of sp³-hybridized carbons (Fsp3) is 0.220. The fourth-order valence-electron chi connectivity index (χ4n) is 15.6. The van der Waals surface area contributed by atoms with Gasteiger partial charge in [0.05, 0.1) is 11.4 Å². The summed E-state index contributed by atoms with van der Waals surface area (Å²) >= 11 is 3.61. The minimum atomic E-state index is -0.295. The van der Waals surface area contributed by atoms with Crippen molar-refractivity contribution >= 4 is 144 Å². The molecular formula is C82H68N2O4S2. The molecule has 14 aromatic rings. The number of hydrogen-bond acceptors (Lipinski definition) is 6. The van der Waals surface area contributed by atoms with Crippen LogP contribution in [-0.2, 0) is 6.42 Å². The molecule has 12 aromatic carbocycles. The van der Waals surface area contributed by atoms with Crippen LogP contribution in [0.25, 0.3) is 118 Å². The van der Waals surface area contributed by atoms with E-state index in [0.717, 1.165) is 126 Å². The summed E-state index contributed by atoms with van der Waals surface area (Å²) in [4.78, 5) is 67.7. The smallest absolute Gasteiger partial charge is 0.266 e. The van der Waals surface area contributed by atoms with Crippen molar-refractivity contribution in [2.75, 3.05) is 9.80 Å². The molecule has 4 heterocycles. The monoisotopic (exact) mass is 1210 g/mol. The highest BCUT2D eigenvalue weighted by atomic mass is 32.1. The van der Waals surface area contributed by atoms with Crippen molar-refractivity contribution in [2.24, 2.45) is 0 Å². The molecule has 0 aliphatic carbocycles. The molecule has 2 aliphatic rings. The molecule has 0 saturated heterocycles. The molecule has 0 bridgehead atoms. The first-order valence-corrected chi connectivity index (χ1v) is 33.9. The first-order valence-electron chi connectivity index (χ1n) is 32.2. The predicted molar refractivity (Wildman–Crippen MR) is 380 cm³/mol. The number of aryl methyl sites for hydroxylation is 1. The van der Waals surface area contributed by atoms with Gasteiger partial charge in [0, 0.05) is 47.7 Å². The Morgan fingerprint density at radius 2 is 0.733 bits per heavy atom. The van der Waals surface area contributed by atoms with Gasteiger partial charge < -0.3 is 0 Å². The van der Waals surface area contributed by atoms with Crippen molar-refractivity contribution in [3.05, 3.63) is 212 Å². The van der Waals surface area contributed by atoms with Crippen molar-refractivity contribution in [3.8, 4) is 32.0 Å². The summed E-state index contributed by atoms with van der Waals surface area (Å²) in [5, 5.41) is 18.8. The summed E-state index contributed by atoms with van der Waals surface area (Å²) in [5.41, 5.74) is 11.9. The molecule has 0 radical (unpaired) electrons. The van der Waals surface area contributed by atoms with E-state index in [0.29, 0.717) is 33.6 Å². The molecule has 0 N–H and O–H groups in total. The molecule has 4 amide bonds. The van der Waals surface area contributed by atoms with Gasteiger partial charge in [0.25, 0.3) is 23.6 Å². The van der Waals surface area contributed by atoms with Crippen LogP contribution in [0.3, 0.4) is 0 Å². The highest BCUT2D eigenvalue weighted by Gasteiger charge is 2.40. The maximum atomic E-state index is 15.5. The highest BCUT2D eigenvalue weighted by Crippen LogP contribution is 2.52. The predicted octanol–water partition coefficient (Wildman–Crippen LogP) is 23.1. The van der Waals surface area contributed by atoms with E-state index in [2.05, 4.69) is 183 Å². The third-order valence-electron chi connectivity index (χ3n) is 19.9. The number of nitrogens with zero attached hydrogens (tertiary/aromatic N) is 2. The topological polar surface area (TPSA) is 74.8 Å². The van der Waals surface area contributed by atoms with Crippen LogP contribution in [0.2, 0.25) is 0 Å². The lowest BCUT2D eigenvalue weighted by atomic mass is 9.83. The average Bonchev–Trinajstić information content (AvgIpc) is 0.737. The first-order chi connectivity index (χ1) is 43.6. The summed E-state index contributed by atoms with van der Waals surface area (Å²) < 4.78 is 0. The standard InChI is InChI=1S/C82H68N2O4S2/c1-10-11-12-13-17-48-24-37-69(90-48)51-25-27-57-61-32-36-66-76-65(34-30-59(73(61)76)55-22-15-20-53(51)71(55)57)81(87)84(82(66)88)78-67(44(6)7)38-46(39-68(78)45(8)9)47-40-70(89-41-47)52-26-28-58-62-31-35-64-75-63(33-29-60(74(62)75)56-23-16-21-54(52)72(56)58)79(85)83(80(64)86)77-49(42(2)3)18-14-19-50(77)43(4)5/h14-16,18-45H,10-13,17H2,1-9H3. The Morgan fingerprint density at radius 3 is 1.18 bits per heavy atom. The largest absolute Gasteiger partial charge is 0.268 e. The maximum absolute atomic E-state index is 15.5. The zero-order chi connectivity index (χ0) is 61.9. The fourth-order valence-corrected chi connectivity index (χ4v) is 17.6. The zero-order valence-electron chi connectivity index (χ0n) is 52.3. The molecule has 16 rings (SSSR count). The Labute approximate surface area is 532 Å². The van der Waals surface area contributed by atoms with Gasteiger partial charge >= 0.3 is 0 Å². The molecule has 0 fully saturated rings. The number of amides is 4. The molecule has 90 heavy (non-hydrogen) atoms. The van der Waals surface area contributed by atoms with Gasteiger partial charge in [-0.1, -0.05) is 185 Å². The number of para-hydroxylation sites is 1. The molecule has 6 nitrogen and oxygen atoms in total. The zero-order valence-corrected chi connectivity index (χ0v) is 53.9. The molecule has 442 valence electrons. The van der Waals surface area contributed by atoms with E-state index in [1.165, 1.54) is 61.6 Å². The van der Waals surface area contributed by atoms with Crippen LogP contribution in [0.1, 0.15) is 180 Å². The normalized spacial score (nSPS) is 13.8. The summed E-state index contributed by atoms with van der Waals surface area (Å²) in [7, 11) is 0. The van der Waals surface area contributed by atoms with Crippen molar-refractivity contribution in [1.82, 2.24) is 0 Å². The minimum Gasteiger partial charge on any atom is -0.268 e. The van der Waals surface area contributed by atoms with Crippen LogP contribution in [0.15, 0.2) is 163 Å². The van der Waals surface area contributed by atoms with Crippen LogP contribution in [0, 0.1) is 0 Å². The summed E-state index contributed by atoms with van der Waals surface area (Å²) in [6.45, 7) is 19.3. The van der Waals surface area contributed by atoms with E-state index in [1.807, 2.05) is 53.8 Å². The molecule has 0 atom stereocenters. The van der Waals surface area contributed by atoms with Gasteiger partial charge in [-0.05, 0) is 216 Å². The maximum Gasteiger partial charge on any atom is 0.266 e. The Morgan fingerprint density at radius 1 is 0.344 bits per heavy atom. The molecule has 0 unspecified atom stereocenters. The number of rotatable bonds is 14. The van der Waals surface area contributed by atoms with Gasteiger partial charge in [-0.25, -0.2) is 9.80 Å². The third kappa shape index (κ3) is 8.12. The molecule has 8 heteroatoms. The van der Waals surface area contributed by atoms with Crippen LogP contribution in [0.4, 0.5) is 11.4 Å². The second kappa shape index (κ2) is 21.0. The van der Waals surface area contributed by atoms with Crippen molar-refractivity contribution in [2.45, 2.75) is 118 Å². The van der Waals surface area contributed by atoms with Crippen molar-refractivity contribution < 1.29 is 19.2 Å². The Kier molecular flexibility index (Phi) is 13.1. The van der Waals surface area contributed by atoms with Gasteiger partial charge in [-0.2, -0.15) is 0 Å². The van der Waals surface area contributed by atoms with Gasteiger partial charge in [0.1, 0.15) is 0 Å². The summed E-state index contributed by atoms with van der Waals surface area (Å²) in [6.07, 6.45) is 6.11. The number of hydrogen-bond donors (Lipinski definition) is 0. The number of fused-ring (bicyclic) bond motifs is 4. The summed E-state index contributed by atoms with van der Waals surface area (Å²) in [6, 6.07) is 55.7. The number of thiophene rings is 2. The highest BCUT2D eigenvalue weighted by molar-refractivity contribution is 7.15. The summed E-state index contributed by atoms with van der Waals surface area (Å²) in [5.74, 6) is -1.00. The molecule has 0 saturated carbocycles. The van der Waals surface area contributed by atoms with E-state index in [-0.39, 0.29) is 47.3 Å². The average molecular weight is 1210 g/mol. The number of carbonyl (C=O) groups is 4. The van der Waals surface area contributed by atoms with Gasteiger partial charge in [-0.3, -0.25) is 19.2 Å². The van der Waals surface area contributed by atoms with Crippen molar-refractivity contribution in [1.29, 1.82) is 0 Å². The lowest BCUT2D eigenvalue weighted by molar-refractivity contribution is 0.0877. The van der Waals surface area contributed by atoms with E-state index < -0.39 is 0 Å². The van der Waals surface area contributed by atoms with Crippen LogP contribution >= 0.6 is 22.7 Å². The lowest BCUT2D eigenvalue weighted by Crippen LogP contribution is -2.41. The second-order valence-corrected chi connectivity index (χ2v) is 28.6. The Bertz CT molecular complexity index is 5230. The molecule has 2 aromatic heterocycles. The molecule has 0 spiro atoms. The van der Waals surface area contributed by atoms with Gasteiger partial charge in [0.2, 0.25) is 0 Å². The van der Waals surface area contributed by atoms with E-state index in [1.54, 1.807) is 11.3 Å². The minimum absolute atomic E-state index is 0.0233. The lowest BCUT2D eigenvalue weighted by Gasteiger charge is -2.33. The van der Waals surface area contributed by atoms with E-state index >= 15 is 9.59 Å². The van der Waals surface area contributed by atoms with Crippen LogP contribution in [0.5, 0.6) is 0 Å². The number of anilines is 2. The van der Waals surface area contributed by atoms with Gasteiger partial charge in [-0.15, -0.1) is 22.7 Å². The number of carbonyl (C=O) groups excluding carboxylic acids is 4. The molecule has 2 aliphatic heterocycles. The number of unbranched alkanes of at least 4 members (excludes halogenated alkanes) is 3. The SMILES string of the molecule is CCCCCCc1ccc(-c2ccc3c4ccc5c6c(ccc(c7cccc2c73)c64)C(=O)N(c2c(C(C)C)cc(-c3csc(-c4ccc6c7ccc8c9c(ccc(c%10cccc4c%106)c97)C(=O)N(c4c(C(C)C)cccc4C(C)C)C8=O)c3)cc2C(C)C)C5=O)s1. The first kappa shape index (κ1) is 56.2. The van der Waals surface area contributed by atoms with Gasteiger partial charge in [0.15, 0.2) is 0 Å². The third-order valence-corrected chi connectivity index (χ3v) is 22.0. The van der Waals surface area contributed by atoms with Crippen LogP contribution in [-0.4, -0.2) is 23.6 Å². The van der Waals surface area contributed by atoms with Crippen molar-refractivity contribution in [3.63, 3.8) is 0 Å². The number of benzene rings is 12. The Hall–Kier alpha value is -9.08. The Balaban J connectivity index is 0.761. The van der Waals surface area contributed by atoms with E-state index in [4.69, 9.17) is 0 Å². The molecular weight excluding hydrogens is 1140 g/mol. The van der Waals surface area contributed by atoms with E-state index in [9.17, 15) is 9.59 Å². The van der Waals surface area contributed by atoms with Crippen LogP contribution < -0.4 is 9.80 Å². The number of imide groups is 2. The quantitative estimate of drug-likeness (QED) is 0.0471.